The summed E-state index contributed by atoms with van der Waals surface area (Å²) in [5.74, 6) is 0.0173. The maximum Gasteiger partial charge on any atom is 0.277 e. The highest BCUT2D eigenvalue weighted by molar-refractivity contribution is 5.94. The van der Waals surface area contributed by atoms with Gasteiger partial charge in [-0.25, -0.2) is 0 Å². The third-order valence-corrected chi connectivity index (χ3v) is 5.30. The molecule has 2 aromatic carbocycles. The van der Waals surface area contributed by atoms with Gasteiger partial charge in [0.05, 0.1) is 10.5 Å². The molecule has 0 aliphatic carbocycles. The van der Waals surface area contributed by atoms with Crippen molar-refractivity contribution in [2.24, 2.45) is 0 Å². The zero-order valence-corrected chi connectivity index (χ0v) is 17.2. The van der Waals surface area contributed by atoms with Crippen LogP contribution in [0.1, 0.15) is 30.9 Å². The molecule has 7 nitrogen and oxygen atoms in total. The first kappa shape index (κ1) is 21.2. The van der Waals surface area contributed by atoms with Crippen LogP contribution >= 0.6 is 0 Å². The number of rotatable bonds is 6. The van der Waals surface area contributed by atoms with Crippen molar-refractivity contribution in [3.63, 3.8) is 0 Å². The number of piperazine rings is 1. The summed E-state index contributed by atoms with van der Waals surface area (Å²) < 4.78 is 0. The van der Waals surface area contributed by atoms with Gasteiger partial charge in [-0.3, -0.25) is 19.7 Å². The van der Waals surface area contributed by atoms with E-state index in [1.54, 1.807) is 28.0 Å². The number of nitrogens with zero attached hydrogens (tertiary/aromatic N) is 3. The van der Waals surface area contributed by atoms with E-state index in [9.17, 15) is 19.7 Å². The molecule has 156 valence electrons. The van der Waals surface area contributed by atoms with E-state index in [1.807, 2.05) is 38.1 Å². The number of nitro groups is 1. The minimum absolute atomic E-state index is 0.0114. The molecule has 0 atom stereocenters. The lowest BCUT2D eigenvalue weighted by atomic mass is 9.89. The molecule has 0 spiro atoms. The SMILES string of the molecule is CC(C)c1ccccc1-c1c(/C=C/C(=O)N2CCN(C=O)CC2)cccc1[N+](=O)[O-]. The molecule has 0 unspecified atom stereocenters. The van der Waals surface area contributed by atoms with Crippen molar-refractivity contribution in [3.05, 3.63) is 69.8 Å². The van der Waals surface area contributed by atoms with Crippen molar-refractivity contribution in [2.75, 3.05) is 26.2 Å². The number of carbonyl (C=O) groups is 2. The molecule has 1 fully saturated rings. The lowest BCUT2D eigenvalue weighted by Crippen LogP contribution is -2.47. The van der Waals surface area contributed by atoms with Gasteiger partial charge in [0.1, 0.15) is 0 Å². The van der Waals surface area contributed by atoms with Crippen LogP contribution in [0.5, 0.6) is 0 Å². The topological polar surface area (TPSA) is 83.8 Å². The zero-order valence-electron chi connectivity index (χ0n) is 17.2. The lowest BCUT2D eigenvalue weighted by Gasteiger charge is -2.31. The fourth-order valence-corrected chi connectivity index (χ4v) is 3.68. The Kier molecular flexibility index (Phi) is 6.61. The Hall–Kier alpha value is -3.48. The van der Waals surface area contributed by atoms with E-state index < -0.39 is 0 Å². The summed E-state index contributed by atoms with van der Waals surface area (Å²) in [5, 5.41) is 11.7. The van der Waals surface area contributed by atoms with Gasteiger partial charge in [-0.1, -0.05) is 50.2 Å². The van der Waals surface area contributed by atoms with E-state index in [1.165, 1.54) is 12.1 Å². The Morgan fingerprint density at radius 1 is 1.07 bits per heavy atom. The lowest BCUT2D eigenvalue weighted by molar-refractivity contribution is -0.384. The second-order valence-electron chi connectivity index (χ2n) is 7.54. The van der Waals surface area contributed by atoms with Crippen molar-refractivity contribution in [1.29, 1.82) is 0 Å². The molecule has 1 aliphatic heterocycles. The van der Waals surface area contributed by atoms with Crippen molar-refractivity contribution >= 4 is 24.1 Å². The normalized spacial score (nSPS) is 14.4. The molecule has 2 amide bonds. The predicted molar refractivity (Wildman–Crippen MR) is 116 cm³/mol. The van der Waals surface area contributed by atoms with E-state index in [2.05, 4.69) is 0 Å². The molecule has 7 heteroatoms. The maximum absolute atomic E-state index is 12.6. The number of amides is 2. The van der Waals surface area contributed by atoms with Crippen LogP contribution in [0.3, 0.4) is 0 Å². The molecule has 0 saturated carbocycles. The minimum atomic E-state index is -0.385. The summed E-state index contributed by atoms with van der Waals surface area (Å²) in [6, 6.07) is 12.6. The van der Waals surface area contributed by atoms with Gasteiger partial charge in [0.15, 0.2) is 0 Å². The second-order valence-corrected chi connectivity index (χ2v) is 7.54. The summed E-state index contributed by atoms with van der Waals surface area (Å²) in [6.07, 6.45) is 3.89. The molecule has 1 heterocycles. The highest BCUT2D eigenvalue weighted by Gasteiger charge is 2.22. The van der Waals surface area contributed by atoms with E-state index in [0.717, 1.165) is 17.5 Å². The molecule has 0 bridgehead atoms. The molecule has 30 heavy (non-hydrogen) atoms. The van der Waals surface area contributed by atoms with Gasteiger partial charge < -0.3 is 9.80 Å². The van der Waals surface area contributed by atoms with E-state index in [4.69, 9.17) is 0 Å². The van der Waals surface area contributed by atoms with Crippen molar-refractivity contribution in [3.8, 4) is 11.1 Å². The fraction of sp³-hybridized carbons (Fsp3) is 0.304. The monoisotopic (exact) mass is 407 g/mol. The van der Waals surface area contributed by atoms with Crippen LogP contribution in [0.15, 0.2) is 48.5 Å². The summed E-state index contributed by atoms with van der Waals surface area (Å²) >= 11 is 0. The van der Waals surface area contributed by atoms with Gasteiger partial charge >= 0.3 is 0 Å². The molecule has 0 aromatic heterocycles. The van der Waals surface area contributed by atoms with Gasteiger partial charge in [0.25, 0.3) is 5.69 Å². The quantitative estimate of drug-likeness (QED) is 0.316. The highest BCUT2D eigenvalue weighted by atomic mass is 16.6. The van der Waals surface area contributed by atoms with Crippen LogP contribution < -0.4 is 0 Å². The second kappa shape index (κ2) is 9.35. The molecule has 0 N–H and O–H groups in total. The number of hydrogen-bond acceptors (Lipinski definition) is 4. The van der Waals surface area contributed by atoms with Gasteiger partial charge in [-0.15, -0.1) is 0 Å². The summed E-state index contributed by atoms with van der Waals surface area (Å²) in [5.41, 5.74) is 2.96. The third kappa shape index (κ3) is 4.56. The van der Waals surface area contributed by atoms with Gasteiger partial charge in [0.2, 0.25) is 12.3 Å². The average molecular weight is 407 g/mol. The number of carbonyl (C=O) groups excluding carboxylic acids is 2. The largest absolute Gasteiger partial charge is 0.342 e. The molecular weight excluding hydrogens is 382 g/mol. The Balaban J connectivity index is 1.97. The van der Waals surface area contributed by atoms with Gasteiger partial charge in [0, 0.05) is 38.3 Å². The Labute approximate surface area is 175 Å². The first-order valence-electron chi connectivity index (χ1n) is 9.95. The van der Waals surface area contributed by atoms with Crippen molar-refractivity contribution < 1.29 is 14.5 Å². The molecule has 2 aromatic rings. The standard InChI is InChI=1S/C23H25N3O4/c1-17(2)19-7-3-4-8-20(19)23-18(6-5-9-21(23)26(29)30)10-11-22(28)25-14-12-24(16-27)13-15-25/h3-11,16-17H,12-15H2,1-2H3/b11-10+. The third-order valence-electron chi connectivity index (χ3n) is 5.30. The van der Waals surface area contributed by atoms with Crippen molar-refractivity contribution in [1.82, 2.24) is 9.80 Å². The van der Waals surface area contributed by atoms with E-state index in [0.29, 0.717) is 37.3 Å². The summed E-state index contributed by atoms with van der Waals surface area (Å²) in [6.45, 7) is 6.05. The molecule has 1 saturated heterocycles. The predicted octanol–water partition coefficient (Wildman–Crippen LogP) is 3.70. The van der Waals surface area contributed by atoms with Crippen LogP contribution in [0, 0.1) is 10.1 Å². The Bertz CT molecular complexity index is 976. The smallest absolute Gasteiger partial charge is 0.277 e. The first-order chi connectivity index (χ1) is 14.4. The minimum Gasteiger partial charge on any atom is -0.342 e. The van der Waals surface area contributed by atoms with Crippen LogP contribution in [-0.2, 0) is 9.59 Å². The maximum atomic E-state index is 12.6. The Morgan fingerprint density at radius 3 is 2.40 bits per heavy atom. The van der Waals surface area contributed by atoms with E-state index >= 15 is 0 Å². The Morgan fingerprint density at radius 2 is 1.77 bits per heavy atom. The van der Waals surface area contributed by atoms with Gasteiger partial charge in [-0.2, -0.15) is 0 Å². The summed E-state index contributed by atoms with van der Waals surface area (Å²) in [4.78, 5) is 38.1. The average Bonchev–Trinajstić information content (AvgIpc) is 2.77. The first-order valence-corrected chi connectivity index (χ1v) is 9.95. The molecular formula is C23H25N3O4. The number of benzene rings is 2. The molecule has 3 rings (SSSR count). The van der Waals surface area contributed by atoms with Crippen LogP contribution in [0.25, 0.3) is 17.2 Å². The van der Waals surface area contributed by atoms with Crippen LogP contribution in [0.2, 0.25) is 0 Å². The van der Waals surface area contributed by atoms with Crippen LogP contribution in [0.4, 0.5) is 5.69 Å². The van der Waals surface area contributed by atoms with E-state index in [-0.39, 0.29) is 22.4 Å². The molecule has 0 radical (unpaired) electrons. The number of nitro benzene ring substituents is 1. The summed E-state index contributed by atoms with van der Waals surface area (Å²) in [7, 11) is 0. The number of hydrogen-bond donors (Lipinski definition) is 0. The zero-order chi connectivity index (χ0) is 21.7. The van der Waals surface area contributed by atoms with Crippen molar-refractivity contribution in [2.45, 2.75) is 19.8 Å². The fourth-order valence-electron chi connectivity index (χ4n) is 3.68. The van der Waals surface area contributed by atoms with Gasteiger partial charge in [-0.05, 0) is 28.7 Å². The highest BCUT2D eigenvalue weighted by Crippen LogP contribution is 2.38. The van der Waals surface area contributed by atoms with Crippen LogP contribution in [-0.4, -0.2) is 53.2 Å². The molecule has 1 aliphatic rings.